The van der Waals surface area contributed by atoms with E-state index in [0.717, 1.165) is 0 Å². The molecule has 0 aromatic rings. The van der Waals surface area contributed by atoms with Crippen molar-refractivity contribution in [3.63, 3.8) is 0 Å². The number of nitrogens with two attached hydrogens (primary N) is 1. The van der Waals surface area contributed by atoms with E-state index in [1.165, 1.54) is 6.07 Å². The van der Waals surface area contributed by atoms with E-state index in [0.29, 0.717) is 0 Å². The SMILES string of the molecule is N#CC(N)C([N+](=O)[O-])[N+](=O)[O-]. The molecular formula is C3H4N4O4. The molecule has 0 heterocycles. The summed E-state index contributed by atoms with van der Waals surface area (Å²) in [5, 5.41) is 27.8. The van der Waals surface area contributed by atoms with Crippen LogP contribution in [0.2, 0.25) is 0 Å². The van der Waals surface area contributed by atoms with Crippen molar-refractivity contribution in [3.8, 4) is 6.07 Å². The van der Waals surface area contributed by atoms with E-state index in [9.17, 15) is 20.2 Å². The quantitative estimate of drug-likeness (QED) is 0.310. The molecule has 0 saturated carbocycles. The smallest absolute Gasteiger partial charge is 0.304 e. The van der Waals surface area contributed by atoms with Crippen LogP contribution in [0.25, 0.3) is 0 Å². The first-order valence-corrected chi connectivity index (χ1v) is 2.43. The molecule has 0 radical (unpaired) electrons. The molecule has 0 aliphatic rings. The molecule has 2 N–H and O–H groups in total. The van der Waals surface area contributed by atoms with Gasteiger partial charge in [0.15, 0.2) is 0 Å². The monoisotopic (exact) mass is 160 g/mol. The van der Waals surface area contributed by atoms with Gasteiger partial charge in [0.2, 0.25) is 6.04 Å². The predicted molar refractivity (Wildman–Crippen MR) is 31.4 cm³/mol. The largest absolute Gasteiger partial charge is 0.478 e. The standard InChI is InChI=1S/C3H4N4O4/c4-1-2(5)3(6(8)9)7(10)11/h2-3H,5H2. The summed E-state index contributed by atoms with van der Waals surface area (Å²) >= 11 is 0. The van der Waals surface area contributed by atoms with Gasteiger partial charge in [0.05, 0.1) is 15.9 Å². The van der Waals surface area contributed by atoms with E-state index in [2.05, 4.69) is 0 Å². The van der Waals surface area contributed by atoms with Gasteiger partial charge in [-0.25, -0.2) is 0 Å². The van der Waals surface area contributed by atoms with Gasteiger partial charge >= 0.3 is 6.17 Å². The Morgan fingerprint density at radius 3 is 1.82 bits per heavy atom. The van der Waals surface area contributed by atoms with Gasteiger partial charge in [0, 0.05) is 0 Å². The number of rotatable bonds is 3. The van der Waals surface area contributed by atoms with Crippen molar-refractivity contribution in [1.82, 2.24) is 0 Å². The van der Waals surface area contributed by atoms with Crippen LogP contribution < -0.4 is 5.73 Å². The normalized spacial score (nSPS) is 12.1. The molecule has 0 amide bonds. The Kier molecular flexibility index (Phi) is 2.88. The molecule has 0 saturated heterocycles. The minimum Gasteiger partial charge on any atom is -0.304 e. The van der Waals surface area contributed by atoms with Gasteiger partial charge in [-0.15, -0.1) is 0 Å². The predicted octanol–water partition coefficient (Wildman–Crippen LogP) is -1.28. The summed E-state index contributed by atoms with van der Waals surface area (Å²) in [4.78, 5) is 17.3. The first-order chi connectivity index (χ1) is 5.00. The molecule has 0 fully saturated rings. The van der Waals surface area contributed by atoms with Gasteiger partial charge in [-0.1, -0.05) is 0 Å². The van der Waals surface area contributed by atoms with Crippen molar-refractivity contribution >= 4 is 0 Å². The van der Waals surface area contributed by atoms with Crippen LogP contribution in [-0.4, -0.2) is 22.1 Å². The van der Waals surface area contributed by atoms with Gasteiger partial charge in [-0.3, -0.25) is 20.2 Å². The molecule has 11 heavy (non-hydrogen) atoms. The number of hydrogen-bond acceptors (Lipinski definition) is 6. The third-order valence-corrected chi connectivity index (χ3v) is 0.902. The Bertz CT molecular complexity index is 206. The van der Waals surface area contributed by atoms with Crippen LogP contribution in [0.5, 0.6) is 0 Å². The van der Waals surface area contributed by atoms with Crippen LogP contribution in [0, 0.1) is 31.6 Å². The van der Waals surface area contributed by atoms with Gasteiger partial charge in [0.1, 0.15) is 0 Å². The van der Waals surface area contributed by atoms with E-state index in [1.54, 1.807) is 0 Å². The lowest BCUT2D eigenvalue weighted by molar-refractivity contribution is -0.742. The highest BCUT2D eigenvalue weighted by Crippen LogP contribution is 1.95. The summed E-state index contributed by atoms with van der Waals surface area (Å²) in [5.41, 5.74) is 4.77. The lowest BCUT2D eigenvalue weighted by Crippen LogP contribution is -2.44. The van der Waals surface area contributed by atoms with E-state index in [4.69, 9.17) is 11.0 Å². The fourth-order valence-corrected chi connectivity index (χ4v) is 0.406. The fourth-order valence-electron chi connectivity index (χ4n) is 0.406. The highest BCUT2D eigenvalue weighted by molar-refractivity contribution is 4.88. The topological polar surface area (TPSA) is 136 Å². The zero-order valence-electron chi connectivity index (χ0n) is 5.21. The lowest BCUT2D eigenvalue weighted by atomic mass is 10.3. The Hall–Kier alpha value is -1.75. The summed E-state index contributed by atoms with van der Waals surface area (Å²) in [6.45, 7) is 0. The van der Waals surface area contributed by atoms with Crippen LogP contribution in [-0.2, 0) is 0 Å². The molecule has 8 nitrogen and oxygen atoms in total. The summed E-state index contributed by atoms with van der Waals surface area (Å²) in [7, 11) is 0. The van der Waals surface area contributed by atoms with Crippen molar-refractivity contribution in [3.05, 3.63) is 20.2 Å². The Balaban J connectivity index is 4.50. The second kappa shape index (κ2) is 3.43. The van der Waals surface area contributed by atoms with E-state index in [1.807, 2.05) is 0 Å². The Labute approximate surface area is 60.5 Å². The highest BCUT2D eigenvalue weighted by atomic mass is 16.7. The number of nitro groups is 2. The number of hydrogen-bond donors (Lipinski definition) is 1. The maximum atomic E-state index is 9.87. The van der Waals surface area contributed by atoms with E-state index in [-0.39, 0.29) is 0 Å². The summed E-state index contributed by atoms with van der Waals surface area (Å²) in [6.07, 6.45) is -2.24. The van der Waals surface area contributed by atoms with Crippen LogP contribution in [0.15, 0.2) is 0 Å². The molecule has 0 spiro atoms. The average Bonchev–Trinajstić information content (AvgIpc) is 1.85. The summed E-state index contributed by atoms with van der Waals surface area (Å²) < 4.78 is 0. The second-order valence-corrected chi connectivity index (χ2v) is 1.64. The molecule has 0 aliphatic heterocycles. The molecule has 0 aromatic carbocycles. The fraction of sp³-hybridized carbons (Fsp3) is 0.667. The van der Waals surface area contributed by atoms with Crippen LogP contribution in [0.3, 0.4) is 0 Å². The maximum absolute atomic E-state index is 9.87. The molecular weight excluding hydrogens is 156 g/mol. The van der Waals surface area contributed by atoms with E-state index < -0.39 is 22.1 Å². The van der Waals surface area contributed by atoms with E-state index >= 15 is 0 Å². The van der Waals surface area contributed by atoms with Crippen LogP contribution in [0.4, 0.5) is 0 Å². The van der Waals surface area contributed by atoms with Gasteiger partial charge in [0.25, 0.3) is 0 Å². The zero-order valence-corrected chi connectivity index (χ0v) is 5.21. The van der Waals surface area contributed by atoms with Gasteiger partial charge in [-0.05, 0) is 0 Å². The van der Waals surface area contributed by atoms with Crippen molar-refractivity contribution in [2.45, 2.75) is 12.2 Å². The number of nitrogens with zero attached hydrogens (tertiary/aromatic N) is 3. The molecule has 1 atom stereocenters. The summed E-state index contributed by atoms with van der Waals surface area (Å²) in [5.74, 6) is 0. The minimum atomic E-state index is -2.24. The lowest BCUT2D eigenvalue weighted by Gasteiger charge is -2.01. The molecule has 0 aromatic heterocycles. The van der Waals surface area contributed by atoms with Crippen molar-refractivity contribution in [1.29, 1.82) is 5.26 Å². The van der Waals surface area contributed by atoms with Crippen molar-refractivity contribution < 1.29 is 9.85 Å². The maximum Gasteiger partial charge on any atom is 0.478 e. The minimum absolute atomic E-state index is 1.20. The number of nitriles is 1. The van der Waals surface area contributed by atoms with Crippen molar-refractivity contribution in [2.24, 2.45) is 5.73 Å². The molecule has 60 valence electrons. The highest BCUT2D eigenvalue weighted by Gasteiger charge is 2.40. The average molecular weight is 160 g/mol. The molecule has 1 unspecified atom stereocenters. The van der Waals surface area contributed by atoms with Crippen LogP contribution in [0.1, 0.15) is 0 Å². The Morgan fingerprint density at radius 2 is 1.73 bits per heavy atom. The molecule has 0 rings (SSSR count). The molecule has 0 aliphatic carbocycles. The van der Waals surface area contributed by atoms with Crippen molar-refractivity contribution in [2.75, 3.05) is 0 Å². The molecule has 8 heteroatoms. The third-order valence-electron chi connectivity index (χ3n) is 0.902. The zero-order chi connectivity index (χ0) is 9.02. The first-order valence-electron chi connectivity index (χ1n) is 2.43. The van der Waals surface area contributed by atoms with Gasteiger partial charge in [-0.2, -0.15) is 5.26 Å². The molecule has 0 bridgehead atoms. The summed E-state index contributed by atoms with van der Waals surface area (Å²) in [6, 6.07) is -0.486. The Morgan fingerprint density at radius 1 is 1.36 bits per heavy atom. The first kappa shape index (κ1) is 9.25. The van der Waals surface area contributed by atoms with Crippen LogP contribution >= 0.6 is 0 Å². The van der Waals surface area contributed by atoms with Gasteiger partial charge < -0.3 is 5.73 Å². The third kappa shape index (κ3) is 2.15. The second-order valence-electron chi connectivity index (χ2n) is 1.64.